The van der Waals surface area contributed by atoms with Crippen LogP contribution in [-0.4, -0.2) is 23.1 Å². The van der Waals surface area contributed by atoms with E-state index in [-0.39, 0.29) is 17.9 Å². The highest BCUT2D eigenvalue weighted by Gasteiger charge is 2.16. The lowest BCUT2D eigenvalue weighted by Gasteiger charge is -2.09. The van der Waals surface area contributed by atoms with Crippen LogP contribution in [0.1, 0.15) is 15.9 Å². The van der Waals surface area contributed by atoms with Crippen molar-refractivity contribution in [3.63, 3.8) is 0 Å². The van der Waals surface area contributed by atoms with Crippen LogP contribution in [0.4, 0.5) is 5.69 Å². The van der Waals surface area contributed by atoms with E-state index in [0.29, 0.717) is 17.1 Å². The van der Waals surface area contributed by atoms with E-state index in [1.165, 1.54) is 12.1 Å². The monoisotopic (exact) mass is 303 g/mol. The lowest BCUT2D eigenvalue weighted by molar-refractivity contribution is -0.384. The fourth-order valence-electron chi connectivity index (χ4n) is 1.84. The molecule has 1 N–H and O–H groups in total. The van der Waals surface area contributed by atoms with Crippen LogP contribution in [0.2, 0.25) is 0 Å². The highest BCUT2D eigenvalue weighted by Crippen LogP contribution is 2.21. The van der Waals surface area contributed by atoms with Crippen molar-refractivity contribution >= 4 is 11.7 Å². The van der Waals surface area contributed by atoms with Crippen molar-refractivity contribution < 1.29 is 24.3 Å². The number of carboxylic acid groups (broad SMARTS) is 1. The van der Waals surface area contributed by atoms with Crippen molar-refractivity contribution in [2.45, 2.75) is 6.61 Å². The van der Waals surface area contributed by atoms with Gasteiger partial charge in [-0.25, -0.2) is 4.79 Å². The van der Waals surface area contributed by atoms with Gasteiger partial charge in [0.25, 0.3) is 5.69 Å². The Morgan fingerprint density at radius 2 is 1.82 bits per heavy atom. The van der Waals surface area contributed by atoms with Gasteiger partial charge in [0.15, 0.2) is 0 Å². The molecule has 0 saturated heterocycles. The van der Waals surface area contributed by atoms with E-state index in [1.807, 2.05) is 0 Å². The number of carbonyl (C=O) groups is 1. The number of aromatic carboxylic acids is 1. The molecule has 0 amide bonds. The van der Waals surface area contributed by atoms with Crippen molar-refractivity contribution in [1.82, 2.24) is 0 Å². The van der Waals surface area contributed by atoms with Crippen molar-refractivity contribution in [1.29, 1.82) is 0 Å². The average molecular weight is 303 g/mol. The van der Waals surface area contributed by atoms with E-state index < -0.39 is 10.9 Å². The Morgan fingerprint density at radius 3 is 2.36 bits per heavy atom. The molecule has 0 spiro atoms. The maximum Gasteiger partial charge on any atom is 0.336 e. The van der Waals surface area contributed by atoms with Crippen LogP contribution in [0.15, 0.2) is 42.5 Å². The number of hydrogen-bond donors (Lipinski definition) is 1. The minimum Gasteiger partial charge on any atom is -0.497 e. The van der Waals surface area contributed by atoms with Crippen LogP contribution in [0.25, 0.3) is 0 Å². The second-order valence-electron chi connectivity index (χ2n) is 4.37. The van der Waals surface area contributed by atoms with Crippen molar-refractivity contribution in [2.24, 2.45) is 0 Å². The van der Waals surface area contributed by atoms with E-state index in [2.05, 4.69) is 0 Å². The van der Waals surface area contributed by atoms with Crippen molar-refractivity contribution in [3.05, 3.63) is 63.7 Å². The average Bonchev–Trinajstić information content (AvgIpc) is 2.53. The molecule has 22 heavy (non-hydrogen) atoms. The number of non-ortho nitro benzene ring substituents is 1. The fourth-order valence-corrected chi connectivity index (χ4v) is 1.84. The van der Waals surface area contributed by atoms with E-state index in [0.717, 1.165) is 6.07 Å². The molecule has 0 fully saturated rings. The number of ether oxygens (including phenoxy) is 2. The van der Waals surface area contributed by atoms with Gasteiger partial charge < -0.3 is 14.6 Å². The summed E-state index contributed by atoms with van der Waals surface area (Å²) in [4.78, 5) is 21.3. The SMILES string of the molecule is COc1ccc(OCc2ccc([N+](=O)[O-])cc2C(=O)O)cc1. The summed E-state index contributed by atoms with van der Waals surface area (Å²) in [5.41, 5.74) is -0.0674. The summed E-state index contributed by atoms with van der Waals surface area (Å²) in [5.74, 6) is -0.0265. The normalized spacial score (nSPS) is 10.0. The number of benzene rings is 2. The van der Waals surface area contributed by atoms with Gasteiger partial charge in [0.2, 0.25) is 0 Å². The second kappa shape index (κ2) is 6.57. The Kier molecular flexibility index (Phi) is 4.57. The predicted octanol–water partition coefficient (Wildman–Crippen LogP) is 2.88. The Morgan fingerprint density at radius 1 is 1.18 bits per heavy atom. The summed E-state index contributed by atoms with van der Waals surface area (Å²) in [6, 6.07) is 10.4. The Labute approximate surface area is 125 Å². The van der Waals surface area contributed by atoms with Gasteiger partial charge in [-0.15, -0.1) is 0 Å². The fraction of sp³-hybridized carbons (Fsp3) is 0.133. The quantitative estimate of drug-likeness (QED) is 0.650. The highest BCUT2D eigenvalue weighted by molar-refractivity contribution is 5.90. The maximum atomic E-state index is 11.2. The Bertz CT molecular complexity index is 696. The molecule has 0 saturated carbocycles. The topological polar surface area (TPSA) is 98.9 Å². The molecule has 114 valence electrons. The molecule has 0 aromatic heterocycles. The van der Waals surface area contributed by atoms with Crippen molar-refractivity contribution in [2.75, 3.05) is 7.11 Å². The molecule has 2 aromatic carbocycles. The predicted molar refractivity (Wildman–Crippen MR) is 77.4 cm³/mol. The first-order valence-electron chi connectivity index (χ1n) is 6.28. The Hall–Kier alpha value is -3.09. The number of methoxy groups -OCH3 is 1. The molecule has 2 aromatic rings. The van der Waals surface area contributed by atoms with E-state index in [4.69, 9.17) is 14.6 Å². The maximum absolute atomic E-state index is 11.2. The summed E-state index contributed by atoms with van der Waals surface area (Å²) in [5, 5.41) is 19.8. The Balaban J connectivity index is 2.17. The first-order chi connectivity index (χ1) is 10.5. The first kappa shape index (κ1) is 15.3. The number of nitrogens with zero attached hydrogens (tertiary/aromatic N) is 1. The first-order valence-corrected chi connectivity index (χ1v) is 6.28. The minimum absolute atomic E-state index is 0.00798. The summed E-state index contributed by atoms with van der Waals surface area (Å²) in [7, 11) is 1.55. The summed E-state index contributed by atoms with van der Waals surface area (Å²) in [6.45, 7) is -0.00798. The van der Waals surface area contributed by atoms with Crippen LogP contribution in [-0.2, 0) is 6.61 Å². The van der Waals surface area contributed by atoms with Gasteiger partial charge in [0, 0.05) is 17.7 Å². The van der Waals surface area contributed by atoms with Crippen LogP contribution in [0.3, 0.4) is 0 Å². The summed E-state index contributed by atoms with van der Waals surface area (Å²) >= 11 is 0. The van der Waals surface area contributed by atoms with Crippen LogP contribution in [0.5, 0.6) is 11.5 Å². The van der Waals surface area contributed by atoms with Gasteiger partial charge in [0.1, 0.15) is 18.1 Å². The third-order valence-corrected chi connectivity index (χ3v) is 2.99. The lowest BCUT2D eigenvalue weighted by Crippen LogP contribution is -2.06. The van der Waals surface area contributed by atoms with E-state index in [1.54, 1.807) is 31.4 Å². The molecule has 0 aliphatic carbocycles. The zero-order valence-corrected chi connectivity index (χ0v) is 11.7. The number of carboxylic acids is 1. The van der Waals surface area contributed by atoms with Crippen LogP contribution in [0, 0.1) is 10.1 Å². The number of hydrogen-bond acceptors (Lipinski definition) is 5. The van der Waals surface area contributed by atoms with Gasteiger partial charge in [0.05, 0.1) is 17.6 Å². The second-order valence-corrected chi connectivity index (χ2v) is 4.37. The molecule has 0 heterocycles. The van der Waals surface area contributed by atoms with Gasteiger partial charge in [-0.3, -0.25) is 10.1 Å². The zero-order valence-electron chi connectivity index (χ0n) is 11.7. The third-order valence-electron chi connectivity index (χ3n) is 2.99. The van der Waals surface area contributed by atoms with Gasteiger partial charge in [-0.2, -0.15) is 0 Å². The van der Waals surface area contributed by atoms with Crippen molar-refractivity contribution in [3.8, 4) is 11.5 Å². The summed E-state index contributed by atoms with van der Waals surface area (Å²) in [6.07, 6.45) is 0. The summed E-state index contributed by atoms with van der Waals surface area (Å²) < 4.78 is 10.5. The minimum atomic E-state index is -1.24. The molecular formula is C15H13NO6. The number of nitro benzene ring substituents is 1. The van der Waals surface area contributed by atoms with Gasteiger partial charge in [-0.1, -0.05) is 0 Å². The number of rotatable bonds is 6. The molecule has 0 radical (unpaired) electrons. The highest BCUT2D eigenvalue weighted by atomic mass is 16.6. The molecule has 7 heteroatoms. The molecule has 2 rings (SSSR count). The molecule has 0 aliphatic heterocycles. The standard InChI is InChI=1S/C15H13NO6/c1-21-12-4-6-13(7-5-12)22-9-10-2-3-11(16(19)20)8-14(10)15(17)18/h2-8H,9H2,1H3,(H,17,18). The molecule has 0 bridgehead atoms. The molecule has 0 unspecified atom stereocenters. The number of nitro groups is 1. The van der Waals surface area contributed by atoms with Crippen LogP contribution < -0.4 is 9.47 Å². The molecular weight excluding hydrogens is 290 g/mol. The third kappa shape index (κ3) is 3.51. The molecule has 7 nitrogen and oxygen atoms in total. The van der Waals surface area contributed by atoms with Gasteiger partial charge >= 0.3 is 5.97 Å². The molecule has 0 atom stereocenters. The smallest absolute Gasteiger partial charge is 0.336 e. The largest absolute Gasteiger partial charge is 0.497 e. The van der Waals surface area contributed by atoms with E-state index >= 15 is 0 Å². The zero-order chi connectivity index (χ0) is 16.1. The van der Waals surface area contributed by atoms with Crippen LogP contribution >= 0.6 is 0 Å². The van der Waals surface area contributed by atoms with E-state index in [9.17, 15) is 14.9 Å². The van der Waals surface area contributed by atoms with Gasteiger partial charge in [-0.05, 0) is 30.3 Å². The lowest BCUT2D eigenvalue weighted by atomic mass is 10.1. The molecule has 0 aliphatic rings.